The van der Waals surface area contributed by atoms with Gasteiger partial charge in [0.05, 0.1) is 17.7 Å². The van der Waals surface area contributed by atoms with Crippen molar-refractivity contribution >= 4 is 27.5 Å². The average Bonchev–Trinajstić information content (AvgIpc) is 2.96. The number of hydrogen-bond donors (Lipinski definition) is 1. The summed E-state index contributed by atoms with van der Waals surface area (Å²) < 4.78 is 34.4. The van der Waals surface area contributed by atoms with Gasteiger partial charge in [0.1, 0.15) is 18.3 Å². The van der Waals surface area contributed by atoms with Crippen molar-refractivity contribution in [3.63, 3.8) is 0 Å². The van der Waals surface area contributed by atoms with Gasteiger partial charge in [-0.2, -0.15) is 0 Å². The molecule has 1 N–H and O–H groups in total. The van der Waals surface area contributed by atoms with Crippen molar-refractivity contribution < 1.29 is 22.7 Å². The van der Waals surface area contributed by atoms with Crippen LogP contribution < -0.4 is 14.4 Å². The lowest BCUT2D eigenvalue weighted by Crippen LogP contribution is -2.52. The summed E-state index contributed by atoms with van der Waals surface area (Å²) in [6.45, 7) is 7.78. The Labute approximate surface area is 244 Å². The van der Waals surface area contributed by atoms with Gasteiger partial charge in [0.2, 0.25) is 11.8 Å². The van der Waals surface area contributed by atoms with Crippen LogP contribution in [0.3, 0.4) is 0 Å². The molecule has 1 atom stereocenters. The number of carbonyl (C=O) groups excluding carboxylic acids is 2. The van der Waals surface area contributed by atoms with Crippen LogP contribution in [0.2, 0.25) is 0 Å². The maximum Gasteiger partial charge on any atom is 0.264 e. The van der Waals surface area contributed by atoms with E-state index in [1.807, 2.05) is 52.0 Å². The van der Waals surface area contributed by atoms with Crippen LogP contribution in [0.25, 0.3) is 0 Å². The maximum atomic E-state index is 14.1. The summed E-state index contributed by atoms with van der Waals surface area (Å²) in [5.74, 6) is -0.123. The topological polar surface area (TPSA) is 96.0 Å². The van der Waals surface area contributed by atoms with Crippen LogP contribution >= 0.6 is 0 Å². The zero-order valence-electron chi connectivity index (χ0n) is 24.6. The quantitative estimate of drug-likeness (QED) is 0.264. The first kappa shape index (κ1) is 31.7. The van der Waals surface area contributed by atoms with E-state index in [4.69, 9.17) is 4.74 Å². The summed E-state index contributed by atoms with van der Waals surface area (Å²) in [5.41, 5.74) is 2.92. The van der Waals surface area contributed by atoms with Gasteiger partial charge in [-0.05, 0) is 74.2 Å². The molecule has 0 fully saturated rings. The molecule has 0 unspecified atom stereocenters. The summed E-state index contributed by atoms with van der Waals surface area (Å²) in [5, 5.41) is 2.94. The van der Waals surface area contributed by atoms with Gasteiger partial charge in [0.25, 0.3) is 10.0 Å². The summed E-state index contributed by atoms with van der Waals surface area (Å²) in [6.07, 6.45) is 2.11. The van der Waals surface area contributed by atoms with Gasteiger partial charge in [-0.25, -0.2) is 8.42 Å². The second-order valence-electron chi connectivity index (χ2n) is 10.1. The highest BCUT2D eigenvalue weighted by atomic mass is 32.2. The molecule has 41 heavy (non-hydrogen) atoms. The molecule has 8 nitrogen and oxygen atoms in total. The molecule has 3 rings (SSSR count). The number of amides is 2. The fourth-order valence-corrected chi connectivity index (χ4v) is 5.95. The molecular formula is C32H41N3O5S. The van der Waals surface area contributed by atoms with E-state index in [2.05, 4.69) is 5.32 Å². The molecule has 2 amide bonds. The van der Waals surface area contributed by atoms with Crippen LogP contribution in [0, 0.1) is 13.8 Å². The Morgan fingerprint density at radius 2 is 1.63 bits per heavy atom. The second kappa shape index (κ2) is 14.7. The summed E-state index contributed by atoms with van der Waals surface area (Å²) in [7, 11) is -2.54. The molecule has 0 spiro atoms. The number of hydrogen-bond acceptors (Lipinski definition) is 5. The van der Waals surface area contributed by atoms with E-state index >= 15 is 0 Å². The van der Waals surface area contributed by atoms with E-state index in [9.17, 15) is 18.0 Å². The average molecular weight is 580 g/mol. The first-order valence-electron chi connectivity index (χ1n) is 14.0. The van der Waals surface area contributed by atoms with Crippen LogP contribution in [0.1, 0.15) is 49.8 Å². The molecule has 0 radical (unpaired) electrons. The highest BCUT2D eigenvalue weighted by Gasteiger charge is 2.33. The number of benzene rings is 3. The number of anilines is 1. The third kappa shape index (κ3) is 8.33. The number of aryl methyl sites for hydroxylation is 2. The zero-order chi connectivity index (χ0) is 30.0. The number of ether oxygens (including phenoxy) is 1. The van der Waals surface area contributed by atoms with Gasteiger partial charge in [-0.1, -0.05) is 62.2 Å². The van der Waals surface area contributed by atoms with Crippen LogP contribution in [0.15, 0.2) is 77.7 Å². The number of sulfonamides is 1. The Balaban J connectivity index is 2.04. The normalized spacial score (nSPS) is 11.9. The van der Waals surface area contributed by atoms with Crippen LogP contribution in [-0.2, 0) is 26.2 Å². The fraction of sp³-hybridized carbons (Fsp3) is 0.375. The third-order valence-corrected chi connectivity index (χ3v) is 8.67. The van der Waals surface area contributed by atoms with E-state index in [1.165, 1.54) is 4.90 Å². The third-order valence-electron chi connectivity index (χ3n) is 6.88. The first-order valence-corrected chi connectivity index (χ1v) is 15.4. The number of unbranched alkanes of at least 4 members (excludes halogenated alkanes) is 1. The molecule has 0 aromatic heterocycles. The van der Waals surface area contributed by atoms with Gasteiger partial charge < -0.3 is 15.0 Å². The lowest BCUT2D eigenvalue weighted by molar-refractivity contribution is -0.140. The molecule has 3 aromatic carbocycles. The van der Waals surface area contributed by atoms with Crippen molar-refractivity contribution in [3.05, 3.63) is 89.5 Å². The molecular weight excluding hydrogens is 538 g/mol. The van der Waals surface area contributed by atoms with Crippen molar-refractivity contribution in [3.8, 4) is 5.75 Å². The van der Waals surface area contributed by atoms with Crippen LogP contribution in [-0.4, -0.2) is 51.4 Å². The molecule has 220 valence electrons. The molecule has 0 aliphatic heterocycles. The number of rotatable bonds is 14. The molecule has 0 bridgehead atoms. The molecule has 0 saturated heterocycles. The van der Waals surface area contributed by atoms with E-state index in [-0.39, 0.29) is 17.3 Å². The zero-order valence-corrected chi connectivity index (χ0v) is 25.4. The minimum atomic E-state index is -4.10. The minimum Gasteiger partial charge on any atom is -0.497 e. The predicted molar refractivity (Wildman–Crippen MR) is 162 cm³/mol. The molecule has 0 heterocycles. The minimum absolute atomic E-state index is 0.0844. The summed E-state index contributed by atoms with van der Waals surface area (Å²) in [6, 6.07) is 20.1. The van der Waals surface area contributed by atoms with E-state index in [1.54, 1.807) is 55.6 Å². The lowest BCUT2D eigenvalue weighted by Gasteiger charge is -2.33. The highest BCUT2D eigenvalue weighted by Crippen LogP contribution is 2.26. The Bertz CT molecular complexity index is 1420. The fourth-order valence-electron chi connectivity index (χ4n) is 4.54. The van der Waals surface area contributed by atoms with Gasteiger partial charge >= 0.3 is 0 Å². The van der Waals surface area contributed by atoms with Crippen molar-refractivity contribution in [1.29, 1.82) is 0 Å². The molecule has 3 aromatic rings. The van der Waals surface area contributed by atoms with Crippen molar-refractivity contribution in [2.75, 3.05) is 24.5 Å². The van der Waals surface area contributed by atoms with Crippen molar-refractivity contribution in [2.45, 2.75) is 64.4 Å². The van der Waals surface area contributed by atoms with E-state index < -0.39 is 28.5 Å². The molecule has 0 aliphatic rings. The van der Waals surface area contributed by atoms with Gasteiger partial charge in [0.15, 0.2) is 0 Å². The molecule has 9 heteroatoms. The summed E-state index contributed by atoms with van der Waals surface area (Å²) >= 11 is 0. The maximum absolute atomic E-state index is 14.1. The van der Waals surface area contributed by atoms with Crippen LogP contribution in [0.4, 0.5) is 5.69 Å². The second-order valence-corrected chi connectivity index (χ2v) is 12.0. The number of nitrogens with zero attached hydrogens (tertiary/aromatic N) is 2. The van der Waals surface area contributed by atoms with E-state index in [0.29, 0.717) is 24.4 Å². The smallest absolute Gasteiger partial charge is 0.264 e. The Morgan fingerprint density at radius 3 is 2.27 bits per heavy atom. The Morgan fingerprint density at radius 1 is 0.927 bits per heavy atom. The lowest BCUT2D eigenvalue weighted by atomic mass is 10.1. The molecule has 0 saturated carbocycles. The SMILES string of the molecule is CCCCNC(=O)[C@H](CC)N(Cc1cccc(OC)c1)C(=O)CN(c1cccc(C)c1)S(=O)(=O)c1ccc(C)cc1. The number of nitrogens with one attached hydrogen (secondary N) is 1. The number of methoxy groups -OCH3 is 1. The standard InChI is InChI=1S/C32H41N3O5S/c1-6-8-19-33-32(37)30(7-2)34(22-26-12-10-14-28(21-26)40-5)31(36)23-35(27-13-9-11-25(4)20-27)41(38,39)29-17-15-24(3)16-18-29/h9-18,20-21,30H,6-8,19,22-23H2,1-5H3,(H,33,37)/t30-/m0/s1. The Hall–Kier alpha value is -3.85. The monoisotopic (exact) mass is 579 g/mol. The van der Waals surface area contributed by atoms with Crippen molar-refractivity contribution in [1.82, 2.24) is 10.2 Å². The predicted octanol–water partition coefficient (Wildman–Crippen LogP) is 5.23. The van der Waals surface area contributed by atoms with Gasteiger partial charge in [0, 0.05) is 13.1 Å². The van der Waals surface area contributed by atoms with Crippen LogP contribution in [0.5, 0.6) is 5.75 Å². The van der Waals surface area contributed by atoms with Crippen molar-refractivity contribution in [2.24, 2.45) is 0 Å². The van der Waals surface area contributed by atoms with Gasteiger partial charge in [-0.15, -0.1) is 0 Å². The molecule has 0 aliphatic carbocycles. The highest BCUT2D eigenvalue weighted by molar-refractivity contribution is 7.92. The Kier molecular flexibility index (Phi) is 11.3. The number of carbonyl (C=O) groups is 2. The largest absolute Gasteiger partial charge is 0.497 e. The first-order chi connectivity index (χ1) is 19.6. The summed E-state index contributed by atoms with van der Waals surface area (Å²) in [4.78, 5) is 29.0. The van der Waals surface area contributed by atoms with Gasteiger partial charge in [-0.3, -0.25) is 13.9 Å². The van der Waals surface area contributed by atoms with E-state index in [0.717, 1.165) is 33.8 Å².